The largest absolute Gasteiger partial charge is 0.313 e. The number of hydrogen-bond acceptors (Lipinski definition) is 8. The molecule has 2 aromatic carbocycles. The minimum Gasteiger partial charge on any atom is -0.313 e. The monoisotopic (exact) mass is 591 g/mol. The molecule has 1 N–H and O–H groups in total. The zero-order valence-corrected chi connectivity index (χ0v) is 23.0. The lowest BCUT2D eigenvalue weighted by atomic mass is 10.1. The molecule has 1 amide bonds. The number of benzene rings is 2. The second-order valence-electron chi connectivity index (χ2n) is 8.56. The van der Waals surface area contributed by atoms with Crippen LogP contribution in [0.15, 0.2) is 42.5 Å². The number of sulfone groups is 1. The van der Waals surface area contributed by atoms with E-state index in [-0.39, 0.29) is 43.3 Å². The van der Waals surface area contributed by atoms with E-state index in [4.69, 9.17) is 23.2 Å². The van der Waals surface area contributed by atoms with E-state index in [1.54, 1.807) is 59.0 Å². The van der Waals surface area contributed by atoms with Gasteiger partial charge >= 0.3 is 0 Å². The lowest BCUT2D eigenvalue weighted by Gasteiger charge is -2.26. The van der Waals surface area contributed by atoms with Crippen molar-refractivity contribution in [2.24, 2.45) is 0 Å². The zero-order valence-electron chi connectivity index (χ0n) is 20.7. The van der Waals surface area contributed by atoms with Gasteiger partial charge in [0.15, 0.2) is 15.5 Å². The molecule has 0 saturated carbocycles. The van der Waals surface area contributed by atoms with E-state index in [9.17, 15) is 23.3 Å². The Bertz CT molecular complexity index is 1560. The van der Waals surface area contributed by atoms with Crippen LogP contribution in [0.2, 0.25) is 10.0 Å². The van der Waals surface area contributed by atoms with Gasteiger partial charge in [-0.05, 0) is 49.4 Å². The van der Waals surface area contributed by atoms with E-state index in [1.165, 1.54) is 0 Å². The van der Waals surface area contributed by atoms with Crippen molar-refractivity contribution in [2.45, 2.75) is 13.3 Å². The summed E-state index contributed by atoms with van der Waals surface area (Å²) in [6.45, 7) is 2.00. The molecule has 4 rings (SSSR count). The van der Waals surface area contributed by atoms with Gasteiger partial charge in [-0.15, -0.1) is 10.1 Å². The molecule has 1 fully saturated rings. The van der Waals surface area contributed by atoms with E-state index >= 15 is 0 Å². The summed E-state index contributed by atoms with van der Waals surface area (Å²) in [5.41, 5.74) is 5.37. The fourth-order valence-electron chi connectivity index (χ4n) is 3.93. The number of hydrazine groups is 1. The van der Waals surface area contributed by atoms with E-state index in [0.29, 0.717) is 38.4 Å². The van der Waals surface area contributed by atoms with Crippen LogP contribution in [0.1, 0.15) is 28.2 Å². The smallest absolute Gasteiger partial charge is 0.294 e. The van der Waals surface area contributed by atoms with Crippen LogP contribution in [0.25, 0.3) is 17.1 Å². The highest BCUT2D eigenvalue weighted by atomic mass is 35.5. The quantitative estimate of drug-likeness (QED) is 0.191. The number of rotatable bonds is 7. The maximum atomic E-state index is 13.2. The average Bonchev–Trinajstić information content (AvgIpc) is 3.22. The molecule has 0 spiro atoms. The van der Waals surface area contributed by atoms with Crippen LogP contribution in [0.4, 0.5) is 0 Å². The highest BCUT2D eigenvalue weighted by Gasteiger charge is 2.27. The number of carbonyl (C=O) groups is 1. The normalized spacial score (nSPS) is 14.7. The zero-order chi connectivity index (χ0) is 28.2. The third-order valence-electron chi connectivity index (χ3n) is 5.88. The van der Waals surface area contributed by atoms with Gasteiger partial charge in [0, 0.05) is 41.3 Å². The molecule has 1 aliphatic rings. The molecule has 0 bridgehead atoms. The van der Waals surface area contributed by atoms with E-state index < -0.39 is 20.8 Å². The van der Waals surface area contributed by atoms with Gasteiger partial charge in [0.05, 0.1) is 22.2 Å². The summed E-state index contributed by atoms with van der Waals surface area (Å²) in [4.78, 5) is 32.3. The van der Waals surface area contributed by atoms with Crippen molar-refractivity contribution in [1.29, 1.82) is 0 Å². The number of nitrogens with zero attached hydrogens (tertiary/aromatic N) is 4. The van der Waals surface area contributed by atoms with Gasteiger partial charge in [0.2, 0.25) is 0 Å². The van der Waals surface area contributed by atoms with Crippen LogP contribution < -0.4 is 5.43 Å². The first-order valence-electron chi connectivity index (χ1n) is 11.7. The minimum atomic E-state index is -3.10. The number of amides is 1. The molecular weight excluding hydrogens is 569 g/mol. The minimum absolute atomic E-state index is 0.0374. The van der Waals surface area contributed by atoms with Crippen molar-refractivity contribution in [3.05, 3.63) is 79.6 Å². The average molecular weight is 592 g/mol. The summed E-state index contributed by atoms with van der Waals surface area (Å²) >= 11 is 12.6. The Kier molecular flexibility index (Phi) is 8.76. The van der Waals surface area contributed by atoms with Crippen molar-refractivity contribution in [3.63, 3.8) is 0 Å². The summed E-state index contributed by atoms with van der Waals surface area (Å²) in [6, 6.07) is 12.1. The van der Waals surface area contributed by atoms with Gasteiger partial charge in [-0.1, -0.05) is 35.0 Å². The molecule has 14 heteroatoms. The van der Waals surface area contributed by atoms with Crippen molar-refractivity contribution >= 4 is 38.9 Å². The number of hydrogen-bond donors (Lipinski definition) is 1. The maximum Gasteiger partial charge on any atom is 0.294 e. The highest BCUT2D eigenvalue weighted by Crippen LogP contribution is 2.33. The number of nitrogens with one attached hydrogen (secondary N) is 1. The van der Waals surface area contributed by atoms with E-state index in [1.807, 2.05) is 0 Å². The maximum absolute atomic E-state index is 13.2. The Balaban J connectivity index is 1.65. The molecule has 39 heavy (non-hydrogen) atoms. The first-order chi connectivity index (χ1) is 18.5. The van der Waals surface area contributed by atoms with Gasteiger partial charge in [-0.2, -0.15) is 0 Å². The Morgan fingerprint density at radius 3 is 2.51 bits per heavy atom. The van der Waals surface area contributed by atoms with Crippen LogP contribution in [0.5, 0.6) is 0 Å². The highest BCUT2D eigenvalue weighted by molar-refractivity contribution is 7.91. The van der Waals surface area contributed by atoms with Crippen molar-refractivity contribution in [3.8, 4) is 28.9 Å². The Hall–Kier alpha value is -3.63. The summed E-state index contributed by atoms with van der Waals surface area (Å²) < 4.78 is 25.3. The van der Waals surface area contributed by atoms with Gasteiger partial charge in [0.25, 0.3) is 11.0 Å². The van der Waals surface area contributed by atoms with Gasteiger partial charge < -0.3 is 4.84 Å². The standard InChI is InChI=1S/C25H23Cl2N5O6S/c1-17-23(25(33)29-30-11-14-39(36,37)15-12-30)28-24(21-10-7-19(26)16-22(21)27)31(17)20-8-5-18(6-9-20)4-2-3-13-38-32(34)35/h5-10,16H,3,11-15H2,1H3,(H,29,33). The molecule has 2 heterocycles. The molecule has 204 valence electrons. The molecule has 11 nitrogen and oxygen atoms in total. The molecule has 0 radical (unpaired) electrons. The van der Waals surface area contributed by atoms with E-state index in [2.05, 4.69) is 27.1 Å². The lowest BCUT2D eigenvalue weighted by Crippen LogP contribution is -2.50. The topological polar surface area (TPSA) is 137 Å². The van der Waals surface area contributed by atoms with Crippen molar-refractivity contribution in [2.75, 3.05) is 31.2 Å². The number of imidazole rings is 1. The van der Waals surface area contributed by atoms with Crippen LogP contribution in [0.3, 0.4) is 0 Å². The summed E-state index contributed by atoms with van der Waals surface area (Å²) in [7, 11) is -3.10. The number of halogens is 2. The van der Waals surface area contributed by atoms with Crippen LogP contribution >= 0.6 is 23.2 Å². The van der Waals surface area contributed by atoms with Crippen LogP contribution in [-0.4, -0.2) is 65.2 Å². The molecule has 1 aromatic heterocycles. The predicted octanol–water partition coefficient (Wildman–Crippen LogP) is 3.48. The van der Waals surface area contributed by atoms with E-state index in [0.717, 1.165) is 0 Å². The van der Waals surface area contributed by atoms with Crippen LogP contribution in [0, 0.1) is 28.9 Å². The first kappa shape index (κ1) is 28.4. The molecule has 1 saturated heterocycles. The number of carbonyl (C=O) groups excluding carboxylic acids is 1. The second kappa shape index (κ2) is 12.0. The summed E-state index contributed by atoms with van der Waals surface area (Å²) in [5.74, 6) is 5.60. The van der Waals surface area contributed by atoms with Gasteiger partial charge in [-0.3, -0.25) is 14.8 Å². The van der Waals surface area contributed by atoms with Crippen LogP contribution in [-0.2, 0) is 14.7 Å². The van der Waals surface area contributed by atoms with Gasteiger partial charge in [0.1, 0.15) is 12.4 Å². The van der Waals surface area contributed by atoms with Gasteiger partial charge in [-0.25, -0.2) is 18.4 Å². The summed E-state index contributed by atoms with van der Waals surface area (Å²) in [6.07, 6.45) is 0.198. The van der Waals surface area contributed by atoms with Crippen molar-refractivity contribution in [1.82, 2.24) is 20.0 Å². The fraction of sp³-hybridized carbons (Fsp3) is 0.280. The molecule has 1 aliphatic heterocycles. The predicted molar refractivity (Wildman–Crippen MR) is 146 cm³/mol. The molecule has 3 aromatic rings. The third kappa shape index (κ3) is 7.07. The molecule has 0 unspecified atom stereocenters. The Morgan fingerprint density at radius 2 is 1.87 bits per heavy atom. The lowest BCUT2D eigenvalue weighted by molar-refractivity contribution is -0.757. The molecule has 0 atom stereocenters. The molecule has 0 aliphatic carbocycles. The number of aromatic nitrogens is 2. The first-order valence-corrected chi connectivity index (χ1v) is 14.3. The fourth-order valence-corrected chi connectivity index (χ4v) is 5.63. The second-order valence-corrected chi connectivity index (χ2v) is 11.7. The SMILES string of the molecule is Cc1c(C(=O)NN2CCS(=O)(=O)CC2)nc(-c2ccc(Cl)cc2Cl)n1-c1ccc(C#CCCO[N+](=O)[O-])cc1. The third-order valence-corrected chi connectivity index (χ3v) is 8.04. The Labute approximate surface area is 234 Å². The Morgan fingerprint density at radius 1 is 1.18 bits per heavy atom. The summed E-state index contributed by atoms with van der Waals surface area (Å²) in [5, 5.41) is 11.7. The van der Waals surface area contributed by atoms with Crippen molar-refractivity contribution < 1.29 is 23.1 Å². The molecular formula is C25H23Cl2N5O6S.